The van der Waals surface area contributed by atoms with Crippen molar-refractivity contribution in [3.63, 3.8) is 0 Å². The molecule has 0 saturated heterocycles. The van der Waals surface area contributed by atoms with Crippen LogP contribution in [0.5, 0.6) is 0 Å². The van der Waals surface area contributed by atoms with Gasteiger partial charge in [0, 0.05) is 41.5 Å². The Labute approximate surface area is 369 Å². The zero-order chi connectivity index (χ0) is 42.3. The molecule has 7 heteroatoms. The van der Waals surface area contributed by atoms with Crippen molar-refractivity contribution in [2.75, 3.05) is 0 Å². The van der Waals surface area contributed by atoms with E-state index in [0.29, 0.717) is 0 Å². The molecule has 61 heavy (non-hydrogen) atoms. The average molecular weight is 835 g/mol. The number of hydrogen-bond acceptors (Lipinski definition) is 2. The summed E-state index contributed by atoms with van der Waals surface area (Å²) in [5.74, 6) is 0. The second-order valence-electron chi connectivity index (χ2n) is 16.4. The van der Waals surface area contributed by atoms with Gasteiger partial charge >= 0.3 is 17.1 Å². The zero-order valence-electron chi connectivity index (χ0n) is 35.2. The summed E-state index contributed by atoms with van der Waals surface area (Å²) in [4.78, 5) is 27.8. The first-order valence-corrected chi connectivity index (χ1v) is 20.0. The quantitative estimate of drug-likeness (QED) is 0.131. The molecule has 0 saturated carbocycles. The van der Waals surface area contributed by atoms with Crippen LogP contribution in [0, 0.1) is 13.1 Å². The van der Waals surface area contributed by atoms with Crippen molar-refractivity contribution >= 4 is 46.4 Å². The van der Waals surface area contributed by atoms with E-state index < -0.39 is 0 Å². The molecule has 0 atom stereocenters. The maximum atomic E-state index is 6.48. The number of rotatable bonds is 4. The Balaban J connectivity index is 0.000000423. The monoisotopic (exact) mass is 834 g/mol. The Morgan fingerprint density at radius 2 is 0.557 bits per heavy atom. The van der Waals surface area contributed by atoms with Crippen molar-refractivity contribution in [3.8, 4) is 44.5 Å². The molecule has 0 unspecified atom stereocenters. The van der Waals surface area contributed by atoms with Gasteiger partial charge in [0.15, 0.2) is 0 Å². The predicted octanol–water partition coefficient (Wildman–Crippen LogP) is 14.0. The molecule has 2 aliphatic rings. The maximum Gasteiger partial charge on any atom is 4.00 e. The fourth-order valence-corrected chi connectivity index (χ4v) is 6.69. The Kier molecular flexibility index (Phi) is 13.5. The van der Waals surface area contributed by atoms with E-state index in [4.69, 9.17) is 33.1 Å². The van der Waals surface area contributed by atoms with Crippen LogP contribution in [-0.2, 0) is 17.1 Å². The minimum absolute atomic E-state index is 0. The van der Waals surface area contributed by atoms with E-state index in [1.807, 2.05) is 65.8 Å². The van der Waals surface area contributed by atoms with E-state index in [9.17, 15) is 0 Å². The fraction of sp³-hybridized carbons (Fsp3) is 0.148. The molecule has 0 radical (unpaired) electrons. The summed E-state index contributed by atoms with van der Waals surface area (Å²) in [6.07, 6.45) is 8.41. The summed E-state index contributed by atoms with van der Waals surface area (Å²) in [6.45, 7) is 24.3. The normalized spacial score (nSPS) is 11.5. The molecular formula is C54H46FeN6+2. The number of hydrogen-bond donors (Lipinski definition) is 0. The summed E-state index contributed by atoms with van der Waals surface area (Å²) < 4.78 is 0. The molecule has 4 aromatic carbocycles. The molecule has 6 nitrogen and oxygen atoms in total. The molecule has 298 valence electrons. The number of fused-ring (bicyclic) bond motifs is 8. The number of aromatic nitrogens is 4. The Morgan fingerprint density at radius 3 is 0.738 bits per heavy atom. The van der Waals surface area contributed by atoms with Crippen molar-refractivity contribution in [1.29, 1.82) is 0 Å². The van der Waals surface area contributed by atoms with E-state index in [1.54, 1.807) is 0 Å². The third kappa shape index (κ3) is 10.4. The van der Waals surface area contributed by atoms with E-state index >= 15 is 0 Å². The van der Waals surface area contributed by atoms with Crippen LogP contribution >= 0.6 is 0 Å². The number of nitrogens with zero attached hydrogens (tertiary/aromatic N) is 6. The van der Waals surface area contributed by atoms with Crippen molar-refractivity contribution in [3.05, 3.63) is 191 Å². The molecule has 0 spiro atoms. The largest absolute Gasteiger partial charge is 4.00 e. The summed E-state index contributed by atoms with van der Waals surface area (Å²) in [6, 6.07) is 50.0. The minimum Gasteiger partial charge on any atom is -0.657 e. The van der Waals surface area contributed by atoms with Crippen molar-refractivity contribution in [2.24, 2.45) is 0 Å². The molecule has 0 fully saturated rings. The van der Waals surface area contributed by atoms with Crippen LogP contribution < -0.4 is 9.97 Å². The summed E-state index contributed by atoms with van der Waals surface area (Å²) in [7, 11) is 0. The van der Waals surface area contributed by atoms with E-state index in [1.165, 1.54) is 0 Å². The van der Waals surface area contributed by atoms with Gasteiger partial charge in [-0.25, -0.2) is 23.1 Å². The molecule has 0 N–H and O–H groups in total. The Hall–Kier alpha value is -7.02. The first-order valence-electron chi connectivity index (χ1n) is 20.0. The van der Waals surface area contributed by atoms with Gasteiger partial charge in [-0.1, -0.05) is 146 Å². The third-order valence-electron chi connectivity index (χ3n) is 9.53. The SMILES string of the molecule is C1=Cc2nc1c(-c1ccccc1)c1ccc([n-]1)c(-c1ccccc1)c1nc(c(-c3ccccc3)c3ccc([n-]3)c2-c2ccccc2)C=C1.[C-]#[N+]C(C)(C)C.[C-]#[N+]C(C)(C)C.[Fe+4]. The van der Waals surface area contributed by atoms with Gasteiger partial charge in [-0.15, -0.1) is 22.1 Å². The third-order valence-corrected chi connectivity index (χ3v) is 9.53. The second-order valence-corrected chi connectivity index (χ2v) is 16.4. The van der Waals surface area contributed by atoms with Crippen molar-refractivity contribution in [1.82, 2.24) is 19.9 Å². The van der Waals surface area contributed by atoms with Crippen molar-refractivity contribution in [2.45, 2.75) is 52.6 Å². The molecule has 0 amide bonds. The molecule has 8 bridgehead atoms. The average Bonchev–Trinajstić information content (AvgIpc) is 4.11. The fourth-order valence-electron chi connectivity index (χ4n) is 6.69. The van der Waals surface area contributed by atoms with E-state index in [2.05, 4.69) is 155 Å². The summed E-state index contributed by atoms with van der Waals surface area (Å²) in [5.41, 5.74) is 14.7. The molecule has 7 aromatic rings. The zero-order valence-corrected chi connectivity index (χ0v) is 36.3. The Morgan fingerprint density at radius 1 is 0.361 bits per heavy atom. The van der Waals surface area contributed by atoms with Gasteiger partial charge in [-0.3, -0.25) is 0 Å². The minimum atomic E-state index is -0.167. The second kappa shape index (κ2) is 18.9. The smallest absolute Gasteiger partial charge is 0.657 e. The molecule has 2 aliphatic heterocycles. The van der Waals surface area contributed by atoms with Crippen LogP contribution in [0.15, 0.2) is 146 Å². The molecule has 5 heterocycles. The van der Waals surface area contributed by atoms with Crippen LogP contribution in [0.4, 0.5) is 0 Å². The predicted molar refractivity (Wildman–Crippen MR) is 251 cm³/mol. The van der Waals surface area contributed by atoms with Crippen LogP contribution in [-0.4, -0.2) is 21.0 Å². The molecular weight excluding hydrogens is 788 g/mol. The standard InChI is InChI=1S/C44H28N4.2C5H9N.Fe/c1-5-13-29(14-6-1)41-33-21-23-35(45-33)42(30-15-7-2-8-16-30)37-25-27-39(47-37)44(32-19-11-4-12-20-32)40-28-26-38(48-40)43(31-17-9-3-10-18-31)36-24-22-34(41)46-36;2*1-5(2,3)6-4;/h1-28H;2*1-3H3;/q-2;;;+4. The Bertz CT molecular complexity index is 2560. The van der Waals surface area contributed by atoms with Gasteiger partial charge in [0.25, 0.3) is 0 Å². The first-order chi connectivity index (χ1) is 28.9. The number of benzene rings is 4. The van der Waals surface area contributed by atoms with Gasteiger partial charge in [0.05, 0.1) is 22.8 Å². The summed E-state index contributed by atoms with van der Waals surface area (Å²) in [5, 5.41) is 0. The maximum absolute atomic E-state index is 6.48. The van der Waals surface area contributed by atoms with E-state index in [0.717, 1.165) is 89.4 Å². The van der Waals surface area contributed by atoms with Crippen LogP contribution in [0.25, 0.3) is 101 Å². The first kappa shape index (κ1) is 43.6. The van der Waals surface area contributed by atoms with Crippen LogP contribution in [0.2, 0.25) is 0 Å². The summed E-state index contributed by atoms with van der Waals surface area (Å²) >= 11 is 0. The topological polar surface area (TPSA) is 62.7 Å². The van der Waals surface area contributed by atoms with Gasteiger partial charge in [0.2, 0.25) is 11.1 Å². The van der Waals surface area contributed by atoms with Gasteiger partial charge in [0.1, 0.15) is 0 Å². The van der Waals surface area contributed by atoms with Crippen LogP contribution in [0.3, 0.4) is 0 Å². The van der Waals surface area contributed by atoms with Gasteiger partial charge < -0.3 is 19.7 Å². The van der Waals surface area contributed by atoms with Gasteiger partial charge in [-0.05, 0) is 68.8 Å². The van der Waals surface area contributed by atoms with E-state index in [-0.39, 0.29) is 28.1 Å². The van der Waals surface area contributed by atoms with Crippen LogP contribution in [0.1, 0.15) is 64.3 Å². The molecule has 9 rings (SSSR count). The van der Waals surface area contributed by atoms with Gasteiger partial charge in [-0.2, -0.15) is 0 Å². The van der Waals surface area contributed by atoms with Crippen molar-refractivity contribution < 1.29 is 17.1 Å². The molecule has 0 aliphatic carbocycles. The molecule has 3 aromatic heterocycles.